The number of rotatable bonds is 4. The number of carbonyl (C=O) groups excluding carboxylic acids is 2. The minimum atomic E-state index is -0.842. The molecule has 2 unspecified atom stereocenters. The van der Waals surface area contributed by atoms with Gasteiger partial charge in [0.25, 0.3) is 0 Å². The summed E-state index contributed by atoms with van der Waals surface area (Å²) in [5, 5.41) is 11.9. The second-order valence-electron chi connectivity index (χ2n) is 6.73. The SMILES string of the molecule is CC1CC(NC(=O)[C@@H]2CC[C@H](C(=O)O)C2)C(=O)N1c1ccccc1. The molecule has 128 valence electrons. The quantitative estimate of drug-likeness (QED) is 0.881. The number of carboxylic acids is 1. The summed E-state index contributed by atoms with van der Waals surface area (Å²) in [6, 6.07) is 8.90. The maximum atomic E-state index is 12.7. The summed E-state index contributed by atoms with van der Waals surface area (Å²) in [5.41, 5.74) is 0.832. The van der Waals surface area contributed by atoms with E-state index in [-0.39, 0.29) is 23.8 Å². The van der Waals surface area contributed by atoms with Gasteiger partial charge < -0.3 is 15.3 Å². The number of hydrogen-bond donors (Lipinski definition) is 2. The molecule has 1 aliphatic heterocycles. The molecular weight excluding hydrogens is 308 g/mol. The topological polar surface area (TPSA) is 86.7 Å². The van der Waals surface area contributed by atoms with Crippen molar-refractivity contribution in [3.8, 4) is 0 Å². The van der Waals surface area contributed by atoms with E-state index in [4.69, 9.17) is 5.11 Å². The first-order valence-electron chi connectivity index (χ1n) is 8.38. The Morgan fingerprint density at radius 3 is 2.42 bits per heavy atom. The fourth-order valence-electron chi connectivity index (χ4n) is 3.76. The van der Waals surface area contributed by atoms with Crippen molar-refractivity contribution in [2.45, 2.75) is 44.7 Å². The largest absolute Gasteiger partial charge is 0.481 e. The van der Waals surface area contributed by atoms with Gasteiger partial charge in [-0.05, 0) is 44.7 Å². The van der Waals surface area contributed by atoms with Crippen LogP contribution in [0.25, 0.3) is 0 Å². The number of aliphatic carboxylic acids is 1. The molecule has 0 aromatic heterocycles. The first-order chi connectivity index (χ1) is 11.5. The number of amides is 2. The summed E-state index contributed by atoms with van der Waals surface area (Å²) < 4.78 is 0. The third kappa shape index (κ3) is 3.13. The molecule has 2 fully saturated rings. The number of nitrogens with zero attached hydrogens (tertiary/aromatic N) is 1. The number of carbonyl (C=O) groups is 3. The Morgan fingerprint density at radius 1 is 1.12 bits per heavy atom. The molecule has 6 heteroatoms. The summed E-state index contributed by atoms with van der Waals surface area (Å²) in [4.78, 5) is 37.8. The lowest BCUT2D eigenvalue weighted by atomic mass is 10.0. The lowest BCUT2D eigenvalue weighted by Gasteiger charge is -2.21. The van der Waals surface area contributed by atoms with E-state index in [2.05, 4.69) is 5.32 Å². The van der Waals surface area contributed by atoms with Crippen molar-refractivity contribution >= 4 is 23.5 Å². The number of anilines is 1. The van der Waals surface area contributed by atoms with E-state index in [1.165, 1.54) is 0 Å². The smallest absolute Gasteiger partial charge is 0.306 e. The predicted molar refractivity (Wildman–Crippen MR) is 88.4 cm³/mol. The monoisotopic (exact) mass is 330 g/mol. The first-order valence-corrected chi connectivity index (χ1v) is 8.38. The Bertz CT molecular complexity index is 646. The van der Waals surface area contributed by atoms with E-state index in [9.17, 15) is 14.4 Å². The zero-order valence-corrected chi connectivity index (χ0v) is 13.6. The van der Waals surface area contributed by atoms with Crippen LogP contribution in [0.4, 0.5) is 5.69 Å². The molecular formula is C18H22N2O4. The number of carboxylic acid groups (broad SMARTS) is 1. The van der Waals surface area contributed by atoms with Gasteiger partial charge in [0.1, 0.15) is 6.04 Å². The molecule has 1 saturated carbocycles. The van der Waals surface area contributed by atoms with E-state index in [1.807, 2.05) is 37.3 Å². The molecule has 4 atom stereocenters. The summed E-state index contributed by atoms with van der Waals surface area (Å²) in [6.45, 7) is 1.97. The zero-order valence-electron chi connectivity index (χ0n) is 13.6. The van der Waals surface area contributed by atoms with Gasteiger partial charge in [-0.3, -0.25) is 14.4 Å². The van der Waals surface area contributed by atoms with Crippen LogP contribution in [0.5, 0.6) is 0 Å². The van der Waals surface area contributed by atoms with Crippen molar-refractivity contribution in [3.63, 3.8) is 0 Å². The van der Waals surface area contributed by atoms with Crippen LogP contribution in [0.3, 0.4) is 0 Å². The number of hydrogen-bond acceptors (Lipinski definition) is 3. The third-order valence-electron chi connectivity index (χ3n) is 5.06. The molecule has 1 aromatic carbocycles. The van der Waals surface area contributed by atoms with E-state index in [1.54, 1.807) is 4.90 Å². The van der Waals surface area contributed by atoms with Gasteiger partial charge in [-0.15, -0.1) is 0 Å². The highest BCUT2D eigenvalue weighted by molar-refractivity contribution is 6.02. The van der Waals surface area contributed by atoms with Crippen LogP contribution in [0.1, 0.15) is 32.6 Å². The average Bonchev–Trinajstić information content (AvgIpc) is 3.14. The standard InChI is InChI=1S/C18H22N2O4/c1-11-9-15(17(22)20(11)14-5-3-2-4-6-14)19-16(21)12-7-8-13(10-12)18(23)24/h2-6,11-13,15H,7-10H2,1H3,(H,19,21)(H,23,24)/t11?,12-,13+,15?/m1/s1. The minimum Gasteiger partial charge on any atom is -0.481 e. The summed E-state index contributed by atoms with van der Waals surface area (Å²) in [7, 11) is 0. The average molecular weight is 330 g/mol. The summed E-state index contributed by atoms with van der Waals surface area (Å²) in [6.07, 6.45) is 2.02. The molecule has 1 aliphatic carbocycles. The van der Waals surface area contributed by atoms with Crippen LogP contribution >= 0.6 is 0 Å². The molecule has 0 radical (unpaired) electrons. The maximum absolute atomic E-state index is 12.7. The molecule has 0 bridgehead atoms. The van der Waals surface area contributed by atoms with E-state index >= 15 is 0 Å². The first kappa shape index (κ1) is 16.5. The molecule has 3 rings (SSSR count). The molecule has 1 aromatic rings. The Morgan fingerprint density at radius 2 is 1.79 bits per heavy atom. The van der Waals surface area contributed by atoms with E-state index in [0.717, 1.165) is 5.69 Å². The molecule has 24 heavy (non-hydrogen) atoms. The lowest BCUT2D eigenvalue weighted by molar-refractivity contribution is -0.141. The highest BCUT2D eigenvalue weighted by Gasteiger charge is 2.41. The van der Waals surface area contributed by atoms with Crippen LogP contribution in [0, 0.1) is 11.8 Å². The fourth-order valence-corrected chi connectivity index (χ4v) is 3.76. The molecule has 2 aliphatic rings. The van der Waals surface area contributed by atoms with Crippen molar-refractivity contribution in [2.24, 2.45) is 11.8 Å². The normalized spacial score (nSPS) is 29.7. The van der Waals surface area contributed by atoms with Gasteiger partial charge in [0.05, 0.1) is 5.92 Å². The fraction of sp³-hybridized carbons (Fsp3) is 0.500. The highest BCUT2D eigenvalue weighted by atomic mass is 16.4. The van der Waals surface area contributed by atoms with Gasteiger partial charge >= 0.3 is 5.97 Å². The summed E-state index contributed by atoms with van der Waals surface area (Å²) >= 11 is 0. The number of benzene rings is 1. The van der Waals surface area contributed by atoms with Gasteiger partial charge in [0.15, 0.2) is 0 Å². The minimum absolute atomic E-state index is 0.0144. The second-order valence-corrected chi connectivity index (χ2v) is 6.73. The van der Waals surface area contributed by atoms with Crippen LogP contribution in [-0.2, 0) is 14.4 Å². The van der Waals surface area contributed by atoms with Crippen molar-refractivity contribution in [1.29, 1.82) is 0 Å². The van der Waals surface area contributed by atoms with Crippen LogP contribution in [0.2, 0.25) is 0 Å². The van der Waals surface area contributed by atoms with Gasteiger partial charge in [0, 0.05) is 17.6 Å². The van der Waals surface area contributed by atoms with E-state index < -0.39 is 17.9 Å². The van der Waals surface area contributed by atoms with Crippen LogP contribution in [-0.4, -0.2) is 35.0 Å². The van der Waals surface area contributed by atoms with Gasteiger partial charge in [-0.1, -0.05) is 18.2 Å². The van der Waals surface area contributed by atoms with Gasteiger partial charge in [0.2, 0.25) is 11.8 Å². The predicted octanol–water partition coefficient (Wildman–Crippen LogP) is 1.80. The van der Waals surface area contributed by atoms with Crippen molar-refractivity contribution in [1.82, 2.24) is 5.32 Å². The molecule has 1 saturated heterocycles. The second kappa shape index (κ2) is 6.63. The Balaban J connectivity index is 1.63. The van der Waals surface area contributed by atoms with Crippen molar-refractivity contribution in [2.75, 3.05) is 4.90 Å². The molecule has 1 heterocycles. The molecule has 0 spiro atoms. The van der Waals surface area contributed by atoms with Crippen LogP contribution < -0.4 is 10.2 Å². The molecule has 6 nitrogen and oxygen atoms in total. The summed E-state index contributed by atoms with van der Waals surface area (Å²) in [5.74, 6) is -1.89. The molecule has 2 amide bonds. The molecule has 2 N–H and O–H groups in total. The van der Waals surface area contributed by atoms with Crippen molar-refractivity contribution < 1.29 is 19.5 Å². The maximum Gasteiger partial charge on any atom is 0.306 e. The Labute approximate surface area is 140 Å². The Kier molecular flexibility index (Phi) is 4.55. The third-order valence-corrected chi connectivity index (χ3v) is 5.06. The lowest BCUT2D eigenvalue weighted by Crippen LogP contribution is -2.44. The Hall–Kier alpha value is -2.37. The van der Waals surface area contributed by atoms with Crippen molar-refractivity contribution in [3.05, 3.63) is 30.3 Å². The highest BCUT2D eigenvalue weighted by Crippen LogP contribution is 2.32. The number of para-hydroxylation sites is 1. The van der Waals surface area contributed by atoms with Crippen LogP contribution in [0.15, 0.2) is 30.3 Å². The number of nitrogens with one attached hydrogen (secondary N) is 1. The zero-order chi connectivity index (χ0) is 17.3. The van der Waals surface area contributed by atoms with Gasteiger partial charge in [-0.2, -0.15) is 0 Å². The van der Waals surface area contributed by atoms with Gasteiger partial charge in [-0.25, -0.2) is 0 Å². The van der Waals surface area contributed by atoms with E-state index in [0.29, 0.717) is 25.7 Å².